The number of rotatable bonds is 6. The fourth-order valence-corrected chi connectivity index (χ4v) is 3.62. The van der Waals surface area contributed by atoms with Crippen LogP contribution in [0.4, 0.5) is 16.0 Å². The van der Waals surface area contributed by atoms with E-state index < -0.39 is 11.8 Å². The lowest BCUT2D eigenvalue weighted by molar-refractivity contribution is 0.0526. The van der Waals surface area contributed by atoms with Gasteiger partial charge in [0, 0.05) is 35.4 Å². The standard InChI is InChI=1S/C24H17ClFN7O2/c1-2-35-23(34)15-9-14(11-27-12-15)17-13-28-24(29-16-7-8-19(26)18(25)10-16)30-22(17)33-21-6-4-3-5-20(21)31-32-33/h3-13H,2H2,1H3,(H,28,29,30). The first kappa shape index (κ1) is 22.4. The van der Waals surface area contributed by atoms with E-state index in [-0.39, 0.29) is 17.6 Å². The van der Waals surface area contributed by atoms with E-state index in [1.165, 1.54) is 24.4 Å². The van der Waals surface area contributed by atoms with Gasteiger partial charge in [-0.2, -0.15) is 9.67 Å². The van der Waals surface area contributed by atoms with Crippen molar-refractivity contribution in [2.75, 3.05) is 11.9 Å². The summed E-state index contributed by atoms with van der Waals surface area (Å²) >= 11 is 5.90. The van der Waals surface area contributed by atoms with E-state index in [1.807, 2.05) is 24.3 Å². The molecule has 174 valence electrons. The molecule has 3 aromatic heterocycles. The van der Waals surface area contributed by atoms with Crippen LogP contribution in [-0.4, -0.2) is 42.5 Å². The molecule has 0 aliphatic carbocycles. The van der Waals surface area contributed by atoms with Crippen LogP contribution in [0.1, 0.15) is 17.3 Å². The van der Waals surface area contributed by atoms with Crippen molar-refractivity contribution in [2.45, 2.75) is 6.92 Å². The van der Waals surface area contributed by atoms with Crippen molar-refractivity contribution in [1.82, 2.24) is 29.9 Å². The molecule has 2 aromatic carbocycles. The maximum Gasteiger partial charge on any atom is 0.339 e. The molecule has 0 atom stereocenters. The number of halogens is 2. The Morgan fingerprint density at radius 3 is 2.83 bits per heavy atom. The number of ether oxygens (including phenoxy) is 1. The van der Waals surface area contributed by atoms with Crippen LogP contribution in [0, 0.1) is 5.82 Å². The minimum absolute atomic E-state index is 0.0315. The molecule has 0 saturated carbocycles. The molecular weight excluding hydrogens is 473 g/mol. The van der Waals surface area contributed by atoms with Crippen LogP contribution in [0.5, 0.6) is 0 Å². The molecule has 0 amide bonds. The second-order valence-corrected chi connectivity index (χ2v) is 7.76. The zero-order chi connectivity index (χ0) is 24.4. The summed E-state index contributed by atoms with van der Waals surface area (Å²) in [5, 5.41) is 11.5. The molecule has 0 fully saturated rings. The van der Waals surface area contributed by atoms with Crippen LogP contribution >= 0.6 is 11.6 Å². The maximum absolute atomic E-state index is 13.6. The van der Waals surface area contributed by atoms with Gasteiger partial charge in [0.15, 0.2) is 5.82 Å². The molecule has 1 N–H and O–H groups in total. The SMILES string of the molecule is CCOC(=O)c1cncc(-c2cnc(Nc3ccc(F)c(Cl)c3)nc2-n2nnc3ccccc32)c1. The van der Waals surface area contributed by atoms with E-state index in [0.29, 0.717) is 33.7 Å². The third-order valence-electron chi connectivity index (χ3n) is 5.06. The Morgan fingerprint density at radius 2 is 2.00 bits per heavy atom. The highest BCUT2D eigenvalue weighted by molar-refractivity contribution is 6.31. The Kier molecular flexibility index (Phi) is 6.02. The number of hydrogen-bond acceptors (Lipinski definition) is 8. The first-order chi connectivity index (χ1) is 17.0. The summed E-state index contributed by atoms with van der Waals surface area (Å²) < 4.78 is 20.2. The van der Waals surface area contributed by atoms with Gasteiger partial charge in [-0.05, 0) is 43.3 Å². The number of anilines is 2. The molecule has 5 rings (SSSR count). The number of hydrogen-bond donors (Lipinski definition) is 1. The van der Waals surface area contributed by atoms with Crippen molar-refractivity contribution < 1.29 is 13.9 Å². The summed E-state index contributed by atoms with van der Waals surface area (Å²) in [6.07, 6.45) is 4.61. The lowest BCUT2D eigenvalue weighted by atomic mass is 10.1. The third kappa shape index (κ3) is 4.51. The summed E-state index contributed by atoms with van der Waals surface area (Å²) in [5.41, 5.74) is 3.34. The molecule has 3 heterocycles. The average molecular weight is 490 g/mol. The van der Waals surface area contributed by atoms with Crippen LogP contribution in [0.25, 0.3) is 28.0 Å². The number of fused-ring (bicyclic) bond motifs is 1. The summed E-state index contributed by atoms with van der Waals surface area (Å²) in [4.78, 5) is 25.5. The first-order valence-electron chi connectivity index (χ1n) is 10.6. The number of aromatic nitrogens is 6. The van der Waals surface area contributed by atoms with Gasteiger partial charge >= 0.3 is 5.97 Å². The zero-order valence-corrected chi connectivity index (χ0v) is 19.1. The van der Waals surface area contributed by atoms with Gasteiger partial charge in [-0.15, -0.1) is 5.10 Å². The Labute approximate surface area is 203 Å². The molecule has 0 aliphatic heterocycles. The first-order valence-corrected chi connectivity index (χ1v) is 10.9. The number of nitrogens with one attached hydrogen (secondary N) is 1. The molecule has 0 saturated heterocycles. The van der Waals surface area contributed by atoms with Gasteiger partial charge in [-0.25, -0.2) is 14.2 Å². The summed E-state index contributed by atoms with van der Waals surface area (Å²) in [6.45, 7) is 1.98. The van der Waals surface area contributed by atoms with Crippen molar-refractivity contribution >= 4 is 40.2 Å². The number of para-hydroxylation sites is 1. The molecule has 0 unspecified atom stereocenters. The van der Waals surface area contributed by atoms with E-state index >= 15 is 0 Å². The molecule has 35 heavy (non-hydrogen) atoms. The topological polar surface area (TPSA) is 108 Å². The molecule has 5 aromatic rings. The van der Waals surface area contributed by atoms with E-state index in [4.69, 9.17) is 16.3 Å². The van der Waals surface area contributed by atoms with Crippen molar-refractivity contribution in [3.8, 4) is 16.9 Å². The summed E-state index contributed by atoms with van der Waals surface area (Å²) in [5.74, 6) is -0.396. The molecule has 0 radical (unpaired) electrons. The van der Waals surface area contributed by atoms with Crippen LogP contribution < -0.4 is 5.32 Å². The Morgan fingerprint density at radius 1 is 1.14 bits per heavy atom. The zero-order valence-electron chi connectivity index (χ0n) is 18.3. The van der Waals surface area contributed by atoms with Gasteiger partial charge in [-0.1, -0.05) is 28.9 Å². The highest BCUT2D eigenvalue weighted by atomic mass is 35.5. The van der Waals surface area contributed by atoms with Crippen LogP contribution in [0.15, 0.2) is 67.1 Å². The van der Waals surface area contributed by atoms with Crippen molar-refractivity contribution in [3.05, 3.63) is 83.5 Å². The minimum atomic E-state index is -0.530. The van der Waals surface area contributed by atoms with Crippen LogP contribution in [0.3, 0.4) is 0 Å². The van der Waals surface area contributed by atoms with E-state index in [1.54, 1.807) is 30.1 Å². The monoisotopic (exact) mass is 489 g/mol. The molecule has 0 aliphatic rings. The molecule has 0 bridgehead atoms. The highest BCUT2D eigenvalue weighted by Crippen LogP contribution is 2.29. The number of esters is 1. The van der Waals surface area contributed by atoms with Crippen LogP contribution in [0.2, 0.25) is 5.02 Å². The molecule has 0 spiro atoms. The van der Waals surface area contributed by atoms with E-state index in [2.05, 4.69) is 30.6 Å². The van der Waals surface area contributed by atoms with Gasteiger partial charge in [0.1, 0.15) is 11.3 Å². The van der Waals surface area contributed by atoms with Gasteiger partial charge < -0.3 is 10.1 Å². The van der Waals surface area contributed by atoms with Gasteiger partial charge in [-0.3, -0.25) is 4.98 Å². The second kappa shape index (κ2) is 9.43. The van der Waals surface area contributed by atoms with E-state index in [9.17, 15) is 9.18 Å². The number of benzene rings is 2. The van der Waals surface area contributed by atoms with Crippen molar-refractivity contribution in [1.29, 1.82) is 0 Å². The quantitative estimate of drug-likeness (QED) is 0.332. The van der Waals surface area contributed by atoms with Gasteiger partial charge in [0.2, 0.25) is 5.95 Å². The normalized spacial score (nSPS) is 10.9. The average Bonchev–Trinajstić information content (AvgIpc) is 3.31. The molecule has 11 heteroatoms. The highest BCUT2D eigenvalue weighted by Gasteiger charge is 2.18. The summed E-state index contributed by atoms with van der Waals surface area (Å²) in [6, 6.07) is 13.3. The predicted molar refractivity (Wildman–Crippen MR) is 128 cm³/mol. The summed E-state index contributed by atoms with van der Waals surface area (Å²) in [7, 11) is 0. The lowest BCUT2D eigenvalue weighted by Gasteiger charge is -2.12. The Bertz CT molecular complexity index is 1560. The number of nitrogens with zero attached hydrogens (tertiary/aromatic N) is 6. The molecule has 9 nitrogen and oxygen atoms in total. The fourth-order valence-electron chi connectivity index (χ4n) is 3.44. The van der Waals surface area contributed by atoms with Crippen LogP contribution in [-0.2, 0) is 4.74 Å². The van der Waals surface area contributed by atoms with Crippen molar-refractivity contribution in [2.24, 2.45) is 0 Å². The van der Waals surface area contributed by atoms with Gasteiger partial charge in [0.05, 0.1) is 22.7 Å². The Hall–Kier alpha value is -4.44. The minimum Gasteiger partial charge on any atom is -0.462 e. The smallest absolute Gasteiger partial charge is 0.339 e. The number of pyridine rings is 1. The number of carbonyl (C=O) groups excluding carboxylic acids is 1. The predicted octanol–water partition coefficient (Wildman–Crippen LogP) is 4.99. The largest absolute Gasteiger partial charge is 0.462 e. The second-order valence-electron chi connectivity index (χ2n) is 7.36. The lowest BCUT2D eigenvalue weighted by Crippen LogP contribution is -2.08. The number of carbonyl (C=O) groups is 1. The Balaban J connectivity index is 1.64. The van der Waals surface area contributed by atoms with E-state index in [0.717, 1.165) is 5.52 Å². The van der Waals surface area contributed by atoms with Crippen molar-refractivity contribution in [3.63, 3.8) is 0 Å². The third-order valence-corrected chi connectivity index (χ3v) is 5.35. The molecular formula is C24H17ClFN7O2. The maximum atomic E-state index is 13.6. The fraction of sp³-hybridized carbons (Fsp3) is 0.0833. The van der Waals surface area contributed by atoms with Gasteiger partial charge in [0.25, 0.3) is 0 Å².